The van der Waals surface area contributed by atoms with Crippen molar-refractivity contribution >= 4 is 5.78 Å². The molecular formula is C10H18O. The number of hydrogen-bond donors (Lipinski definition) is 0. The lowest BCUT2D eigenvalue weighted by atomic mass is 9.79. The van der Waals surface area contributed by atoms with Crippen LogP contribution < -0.4 is 0 Å². The van der Waals surface area contributed by atoms with E-state index in [0.717, 1.165) is 25.7 Å². The summed E-state index contributed by atoms with van der Waals surface area (Å²) in [6, 6.07) is 0. The molecule has 2 atom stereocenters. The zero-order valence-corrected chi connectivity index (χ0v) is 7.60. The molecule has 0 spiro atoms. The maximum Gasteiger partial charge on any atom is 0.136 e. The summed E-state index contributed by atoms with van der Waals surface area (Å²) in [5, 5.41) is 0. The van der Waals surface area contributed by atoms with Crippen LogP contribution in [0.1, 0.15) is 46.0 Å². The average molecular weight is 154 g/mol. The lowest BCUT2D eigenvalue weighted by Gasteiger charge is -2.25. The Kier molecular flexibility index (Phi) is 3.10. The van der Waals surface area contributed by atoms with Crippen LogP contribution in [0, 0.1) is 11.8 Å². The summed E-state index contributed by atoms with van der Waals surface area (Å²) >= 11 is 0. The first-order valence-electron chi connectivity index (χ1n) is 4.78. The van der Waals surface area contributed by atoms with E-state index in [2.05, 4.69) is 13.8 Å². The molecule has 1 aliphatic rings. The SMILES string of the molecule is CCC(C)[C@@H]1CCCCC1=O. The van der Waals surface area contributed by atoms with Crippen LogP contribution in [0.2, 0.25) is 0 Å². The summed E-state index contributed by atoms with van der Waals surface area (Å²) in [5.74, 6) is 1.53. The molecule has 1 aliphatic carbocycles. The standard InChI is InChI=1S/C10H18O/c1-3-8(2)9-6-4-5-7-10(9)11/h8-9H,3-7H2,1-2H3/t8?,9-/m0/s1. The second kappa shape index (κ2) is 3.89. The molecule has 0 aromatic carbocycles. The lowest BCUT2D eigenvalue weighted by molar-refractivity contribution is -0.126. The molecule has 1 unspecified atom stereocenters. The van der Waals surface area contributed by atoms with E-state index in [1.807, 2.05) is 0 Å². The normalized spacial score (nSPS) is 28.5. The molecule has 1 fully saturated rings. The van der Waals surface area contributed by atoms with E-state index < -0.39 is 0 Å². The number of rotatable bonds is 2. The molecule has 0 bridgehead atoms. The number of carbonyl (C=O) groups is 1. The summed E-state index contributed by atoms with van der Waals surface area (Å²) in [5.41, 5.74) is 0. The Bertz CT molecular complexity index is 140. The lowest BCUT2D eigenvalue weighted by Crippen LogP contribution is -2.24. The fourth-order valence-electron chi connectivity index (χ4n) is 1.90. The largest absolute Gasteiger partial charge is 0.299 e. The van der Waals surface area contributed by atoms with Gasteiger partial charge in [-0.25, -0.2) is 0 Å². The van der Waals surface area contributed by atoms with Crippen LogP contribution in [0.15, 0.2) is 0 Å². The van der Waals surface area contributed by atoms with Gasteiger partial charge in [0.05, 0.1) is 0 Å². The summed E-state index contributed by atoms with van der Waals surface area (Å²) in [4.78, 5) is 11.4. The van der Waals surface area contributed by atoms with Gasteiger partial charge >= 0.3 is 0 Å². The highest BCUT2D eigenvalue weighted by molar-refractivity contribution is 5.81. The van der Waals surface area contributed by atoms with Crippen molar-refractivity contribution in [1.29, 1.82) is 0 Å². The van der Waals surface area contributed by atoms with E-state index in [1.165, 1.54) is 6.42 Å². The van der Waals surface area contributed by atoms with Gasteiger partial charge in [-0.1, -0.05) is 26.7 Å². The van der Waals surface area contributed by atoms with Gasteiger partial charge < -0.3 is 0 Å². The van der Waals surface area contributed by atoms with Crippen molar-refractivity contribution in [2.45, 2.75) is 46.0 Å². The van der Waals surface area contributed by atoms with Crippen molar-refractivity contribution in [3.8, 4) is 0 Å². The molecule has 0 amide bonds. The number of ketones is 1. The maximum absolute atomic E-state index is 11.4. The minimum atomic E-state index is 0.397. The zero-order chi connectivity index (χ0) is 8.27. The van der Waals surface area contributed by atoms with Gasteiger partial charge in [0.1, 0.15) is 5.78 Å². The van der Waals surface area contributed by atoms with Gasteiger partial charge in [-0.2, -0.15) is 0 Å². The molecule has 11 heavy (non-hydrogen) atoms. The smallest absolute Gasteiger partial charge is 0.136 e. The third kappa shape index (κ3) is 2.05. The van der Waals surface area contributed by atoms with Crippen LogP contribution in [0.4, 0.5) is 0 Å². The van der Waals surface area contributed by atoms with Crippen LogP contribution >= 0.6 is 0 Å². The molecular weight excluding hydrogens is 136 g/mol. The fraction of sp³-hybridized carbons (Fsp3) is 0.900. The van der Waals surface area contributed by atoms with Crippen LogP contribution in [0.25, 0.3) is 0 Å². The van der Waals surface area contributed by atoms with Gasteiger partial charge in [-0.3, -0.25) is 4.79 Å². The third-order valence-electron chi connectivity index (χ3n) is 2.93. The third-order valence-corrected chi connectivity index (χ3v) is 2.93. The molecule has 0 radical (unpaired) electrons. The average Bonchev–Trinajstić information content (AvgIpc) is 2.04. The van der Waals surface area contributed by atoms with Crippen molar-refractivity contribution in [3.63, 3.8) is 0 Å². The Labute approximate surface area is 69.2 Å². The van der Waals surface area contributed by atoms with Crippen LogP contribution in [0.3, 0.4) is 0 Å². The molecule has 1 rings (SSSR count). The fourth-order valence-corrected chi connectivity index (χ4v) is 1.90. The first-order valence-corrected chi connectivity index (χ1v) is 4.78. The molecule has 0 aromatic rings. The molecule has 1 saturated carbocycles. The van der Waals surface area contributed by atoms with Gasteiger partial charge in [-0.05, 0) is 18.8 Å². The molecule has 0 saturated heterocycles. The van der Waals surface area contributed by atoms with E-state index in [9.17, 15) is 4.79 Å². The topological polar surface area (TPSA) is 17.1 Å². The minimum absolute atomic E-state index is 0.397. The molecule has 0 aliphatic heterocycles. The minimum Gasteiger partial charge on any atom is -0.299 e. The highest BCUT2D eigenvalue weighted by Gasteiger charge is 2.25. The maximum atomic E-state index is 11.4. The Hall–Kier alpha value is -0.330. The number of hydrogen-bond acceptors (Lipinski definition) is 1. The summed E-state index contributed by atoms with van der Waals surface area (Å²) < 4.78 is 0. The summed E-state index contributed by atoms with van der Waals surface area (Å²) in [6.07, 6.45) is 5.53. The molecule has 64 valence electrons. The van der Waals surface area contributed by atoms with Crippen molar-refractivity contribution < 1.29 is 4.79 Å². The second-order valence-corrected chi connectivity index (χ2v) is 3.70. The van der Waals surface area contributed by atoms with Gasteiger partial charge in [0.15, 0.2) is 0 Å². The summed E-state index contributed by atoms with van der Waals surface area (Å²) in [7, 11) is 0. The first-order chi connectivity index (χ1) is 5.25. The van der Waals surface area contributed by atoms with E-state index in [1.54, 1.807) is 0 Å². The Balaban J connectivity index is 2.47. The molecule has 0 N–H and O–H groups in total. The van der Waals surface area contributed by atoms with Gasteiger partial charge in [0.2, 0.25) is 0 Å². The Morgan fingerprint density at radius 1 is 1.55 bits per heavy atom. The van der Waals surface area contributed by atoms with Crippen LogP contribution in [-0.2, 0) is 4.79 Å². The highest BCUT2D eigenvalue weighted by atomic mass is 16.1. The van der Waals surface area contributed by atoms with Gasteiger partial charge in [-0.15, -0.1) is 0 Å². The monoisotopic (exact) mass is 154 g/mol. The van der Waals surface area contributed by atoms with Crippen molar-refractivity contribution in [1.82, 2.24) is 0 Å². The van der Waals surface area contributed by atoms with Gasteiger partial charge in [0, 0.05) is 12.3 Å². The second-order valence-electron chi connectivity index (χ2n) is 3.70. The van der Waals surface area contributed by atoms with E-state index in [4.69, 9.17) is 0 Å². The van der Waals surface area contributed by atoms with Crippen molar-refractivity contribution in [3.05, 3.63) is 0 Å². The predicted octanol–water partition coefficient (Wildman–Crippen LogP) is 2.79. The predicted molar refractivity (Wildman–Crippen MR) is 46.4 cm³/mol. The zero-order valence-electron chi connectivity index (χ0n) is 7.60. The Morgan fingerprint density at radius 2 is 2.27 bits per heavy atom. The van der Waals surface area contributed by atoms with E-state index in [0.29, 0.717) is 17.6 Å². The van der Waals surface area contributed by atoms with E-state index >= 15 is 0 Å². The van der Waals surface area contributed by atoms with Crippen LogP contribution in [-0.4, -0.2) is 5.78 Å². The van der Waals surface area contributed by atoms with Crippen molar-refractivity contribution in [2.75, 3.05) is 0 Å². The molecule has 1 heteroatoms. The highest BCUT2D eigenvalue weighted by Crippen LogP contribution is 2.28. The number of Topliss-reactive ketones (excluding diaryl/α,β-unsaturated/α-hetero) is 1. The van der Waals surface area contributed by atoms with Crippen molar-refractivity contribution in [2.24, 2.45) is 11.8 Å². The number of carbonyl (C=O) groups excluding carboxylic acids is 1. The van der Waals surface area contributed by atoms with E-state index in [-0.39, 0.29) is 0 Å². The quantitative estimate of drug-likeness (QED) is 0.597. The van der Waals surface area contributed by atoms with Crippen LogP contribution in [0.5, 0.6) is 0 Å². The molecule has 0 aromatic heterocycles. The first kappa shape index (κ1) is 8.76. The Morgan fingerprint density at radius 3 is 2.82 bits per heavy atom. The summed E-state index contributed by atoms with van der Waals surface area (Å²) in [6.45, 7) is 4.38. The molecule has 0 heterocycles. The molecule has 1 nitrogen and oxygen atoms in total. The van der Waals surface area contributed by atoms with Gasteiger partial charge in [0.25, 0.3) is 0 Å².